The van der Waals surface area contributed by atoms with Crippen LogP contribution in [0.4, 0.5) is 0 Å². The second-order valence-electron chi connectivity index (χ2n) is 8.01. The van der Waals surface area contributed by atoms with Crippen molar-refractivity contribution in [3.63, 3.8) is 0 Å². The van der Waals surface area contributed by atoms with E-state index in [2.05, 4.69) is 64.1 Å². The molecule has 0 unspecified atom stereocenters. The first-order chi connectivity index (χ1) is 14.3. The van der Waals surface area contributed by atoms with E-state index in [0.29, 0.717) is 0 Å². The summed E-state index contributed by atoms with van der Waals surface area (Å²) in [4.78, 5) is 19.5. The van der Waals surface area contributed by atoms with Crippen molar-refractivity contribution in [2.75, 3.05) is 0 Å². The Kier molecular flexibility index (Phi) is 5.48. The van der Waals surface area contributed by atoms with Gasteiger partial charge in [-0.1, -0.05) is 59.2 Å². The summed E-state index contributed by atoms with van der Waals surface area (Å²) in [5.74, 6) is 0. The summed E-state index contributed by atoms with van der Waals surface area (Å²) in [5, 5.41) is 0.993. The van der Waals surface area contributed by atoms with Gasteiger partial charge in [0, 0.05) is 21.4 Å². The van der Waals surface area contributed by atoms with Crippen LogP contribution < -0.4 is 0 Å². The molecule has 4 aromatic rings. The molecule has 0 saturated carbocycles. The Balaban J connectivity index is 1.93. The van der Waals surface area contributed by atoms with E-state index in [1.54, 1.807) is 0 Å². The van der Waals surface area contributed by atoms with Crippen LogP contribution in [0.3, 0.4) is 0 Å². The fourth-order valence-electron chi connectivity index (χ4n) is 3.83. The molecule has 0 amide bonds. The second kappa shape index (κ2) is 8.08. The monoisotopic (exact) mass is 411 g/mol. The van der Waals surface area contributed by atoms with Crippen LogP contribution in [0.15, 0.2) is 65.6 Å². The van der Waals surface area contributed by atoms with Gasteiger partial charge in [0.25, 0.3) is 0 Å². The molecule has 2 nitrogen and oxygen atoms in total. The number of rotatable bonds is 3. The van der Waals surface area contributed by atoms with Crippen molar-refractivity contribution in [1.82, 2.24) is 4.98 Å². The lowest BCUT2D eigenvalue weighted by Gasteiger charge is -2.16. The van der Waals surface area contributed by atoms with Crippen molar-refractivity contribution in [2.45, 2.75) is 39.5 Å². The Hall–Kier alpha value is -2.91. The van der Waals surface area contributed by atoms with Crippen molar-refractivity contribution in [2.24, 2.45) is 0 Å². The maximum Gasteiger partial charge on any atom is 0.225 e. The van der Waals surface area contributed by atoms with E-state index in [9.17, 15) is 4.79 Å². The molecule has 0 fully saturated rings. The molecule has 0 saturated heterocycles. The highest BCUT2D eigenvalue weighted by Gasteiger charge is 2.21. The highest BCUT2D eigenvalue weighted by atomic mass is 32.2. The molecule has 0 aliphatic heterocycles. The molecular weight excluding hydrogens is 386 g/mol. The SMILES string of the molecule is Cc1ccc(SC(=O)c2c(C)c(-c3ccc(C)cc3)nc3c(C)cc(C)cc23)cc1. The van der Waals surface area contributed by atoms with Crippen molar-refractivity contribution >= 4 is 27.8 Å². The Morgan fingerprint density at radius 1 is 0.767 bits per heavy atom. The number of thioether (sulfide) groups is 1. The molecule has 0 aliphatic rings. The van der Waals surface area contributed by atoms with E-state index in [1.165, 1.54) is 22.9 Å². The Morgan fingerprint density at radius 2 is 1.37 bits per heavy atom. The smallest absolute Gasteiger partial charge is 0.225 e. The fraction of sp³-hybridized carbons (Fsp3) is 0.185. The summed E-state index contributed by atoms with van der Waals surface area (Å²) in [6.07, 6.45) is 0. The zero-order valence-corrected chi connectivity index (χ0v) is 18.9. The normalized spacial score (nSPS) is 11.1. The number of carbonyl (C=O) groups is 1. The molecule has 3 heteroatoms. The largest absolute Gasteiger partial charge is 0.281 e. The van der Waals surface area contributed by atoms with Crippen LogP contribution in [0, 0.1) is 34.6 Å². The van der Waals surface area contributed by atoms with Gasteiger partial charge < -0.3 is 0 Å². The molecule has 3 aromatic carbocycles. The number of aromatic nitrogens is 1. The van der Waals surface area contributed by atoms with Gasteiger partial charge in [-0.15, -0.1) is 0 Å². The number of aryl methyl sites for hydroxylation is 4. The van der Waals surface area contributed by atoms with Gasteiger partial charge >= 0.3 is 0 Å². The van der Waals surface area contributed by atoms with Crippen LogP contribution in [0.5, 0.6) is 0 Å². The van der Waals surface area contributed by atoms with E-state index >= 15 is 0 Å². The Morgan fingerprint density at radius 3 is 2.00 bits per heavy atom. The van der Waals surface area contributed by atoms with E-state index in [0.717, 1.165) is 49.3 Å². The van der Waals surface area contributed by atoms with Crippen LogP contribution in [-0.2, 0) is 0 Å². The number of hydrogen-bond acceptors (Lipinski definition) is 3. The lowest BCUT2D eigenvalue weighted by Crippen LogP contribution is -2.04. The first kappa shape index (κ1) is 20.4. The molecule has 0 bridgehead atoms. The summed E-state index contributed by atoms with van der Waals surface area (Å²) < 4.78 is 0. The first-order valence-electron chi connectivity index (χ1n) is 10.1. The van der Waals surface area contributed by atoms with Crippen molar-refractivity contribution in [3.05, 3.63) is 94.0 Å². The summed E-state index contributed by atoms with van der Waals surface area (Å²) in [5.41, 5.74) is 9.12. The van der Waals surface area contributed by atoms with Crippen LogP contribution in [0.2, 0.25) is 0 Å². The minimum Gasteiger partial charge on any atom is -0.281 e. The predicted molar refractivity (Wildman–Crippen MR) is 127 cm³/mol. The molecule has 1 heterocycles. The van der Waals surface area contributed by atoms with Crippen molar-refractivity contribution in [1.29, 1.82) is 0 Å². The zero-order chi connectivity index (χ0) is 21.4. The maximum atomic E-state index is 13.5. The summed E-state index contributed by atoms with van der Waals surface area (Å²) in [7, 11) is 0. The van der Waals surface area contributed by atoms with E-state index < -0.39 is 0 Å². The topological polar surface area (TPSA) is 30.0 Å². The van der Waals surface area contributed by atoms with Gasteiger partial charge in [-0.05, 0) is 75.7 Å². The van der Waals surface area contributed by atoms with Crippen LogP contribution >= 0.6 is 11.8 Å². The van der Waals surface area contributed by atoms with E-state index in [-0.39, 0.29) is 5.12 Å². The lowest BCUT2D eigenvalue weighted by molar-refractivity contribution is 0.109. The third-order valence-electron chi connectivity index (χ3n) is 5.43. The molecule has 0 aliphatic carbocycles. The third-order valence-corrected chi connectivity index (χ3v) is 6.33. The van der Waals surface area contributed by atoms with Crippen LogP contribution in [-0.4, -0.2) is 10.1 Å². The number of pyridine rings is 1. The minimum atomic E-state index is 0.0575. The number of hydrogen-bond donors (Lipinski definition) is 0. The second-order valence-corrected chi connectivity index (χ2v) is 9.05. The minimum absolute atomic E-state index is 0.0575. The van der Waals surface area contributed by atoms with E-state index in [4.69, 9.17) is 4.98 Å². The zero-order valence-electron chi connectivity index (χ0n) is 18.0. The average Bonchev–Trinajstić information content (AvgIpc) is 2.70. The predicted octanol–water partition coefficient (Wildman–Crippen LogP) is 7.38. The summed E-state index contributed by atoms with van der Waals surface area (Å²) >= 11 is 1.29. The van der Waals surface area contributed by atoms with Crippen molar-refractivity contribution in [3.8, 4) is 11.3 Å². The molecule has 0 atom stereocenters. The molecular formula is C27H25NOS. The van der Waals surface area contributed by atoms with Crippen LogP contribution in [0.25, 0.3) is 22.2 Å². The Bertz CT molecular complexity index is 1260. The van der Waals surface area contributed by atoms with Gasteiger partial charge in [-0.25, -0.2) is 4.98 Å². The standard InChI is InChI=1S/C27H25NOS/c1-16-6-10-21(11-7-16)26-20(5)24(23-15-18(3)14-19(4)25(23)28-26)27(29)30-22-12-8-17(2)9-13-22/h6-15H,1-5H3. The molecule has 0 N–H and O–H groups in total. The highest BCUT2D eigenvalue weighted by Crippen LogP contribution is 2.35. The fourth-order valence-corrected chi connectivity index (χ4v) is 4.69. The van der Waals surface area contributed by atoms with Crippen molar-refractivity contribution < 1.29 is 4.79 Å². The number of benzene rings is 3. The molecule has 0 radical (unpaired) electrons. The first-order valence-corrected chi connectivity index (χ1v) is 10.9. The van der Waals surface area contributed by atoms with Gasteiger partial charge in [-0.3, -0.25) is 4.79 Å². The van der Waals surface area contributed by atoms with Gasteiger partial charge in [0.2, 0.25) is 5.12 Å². The number of nitrogens with zero attached hydrogens (tertiary/aromatic N) is 1. The number of fused-ring (bicyclic) bond motifs is 1. The average molecular weight is 412 g/mol. The quantitative estimate of drug-likeness (QED) is 0.330. The van der Waals surface area contributed by atoms with E-state index in [1.807, 2.05) is 31.2 Å². The molecule has 150 valence electrons. The molecule has 4 rings (SSSR count). The molecule has 1 aromatic heterocycles. The Labute approximate surface area is 182 Å². The maximum absolute atomic E-state index is 13.5. The van der Waals surface area contributed by atoms with Crippen LogP contribution in [0.1, 0.15) is 38.2 Å². The highest BCUT2D eigenvalue weighted by molar-refractivity contribution is 8.14. The molecule has 0 spiro atoms. The molecule has 30 heavy (non-hydrogen) atoms. The van der Waals surface area contributed by atoms with Gasteiger partial charge in [-0.2, -0.15) is 0 Å². The lowest BCUT2D eigenvalue weighted by atomic mass is 9.95. The summed E-state index contributed by atoms with van der Waals surface area (Å²) in [6.45, 7) is 10.3. The summed E-state index contributed by atoms with van der Waals surface area (Å²) in [6, 6.07) is 20.7. The van der Waals surface area contributed by atoms with Gasteiger partial charge in [0.1, 0.15) is 0 Å². The van der Waals surface area contributed by atoms with Gasteiger partial charge in [0.05, 0.1) is 11.2 Å². The number of carbonyl (C=O) groups excluding carboxylic acids is 1. The van der Waals surface area contributed by atoms with Gasteiger partial charge in [0.15, 0.2) is 0 Å². The third kappa shape index (κ3) is 3.90.